The van der Waals surface area contributed by atoms with Crippen LogP contribution in [0.3, 0.4) is 0 Å². The summed E-state index contributed by atoms with van der Waals surface area (Å²) in [6.07, 6.45) is 9.63. The molecule has 3 fully saturated rings. The molecule has 3 saturated carbocycles. The smallest absolute Gasteiger partial charge is 0.325 e. The van der Waals surface area contributed by atoms with E-state index in [1.54, 1.807) is 19.0 Å². The molecule has 0 heterocycles. The highest BCUT2D eigenvalue weighted by Crippen LogP contribution is 2.65. The number of fused-ring (bicyclic) bond motifs is 5. The molecule has 4 aliphatic rings. The van der Waals surface area contributed by atoms with Gasteiger partial charge in [-0.3, -0.25) is 19.2 Å². The summed E-state index contributed by atoms with van der Waals surface area (Å²) in [6.45, 7) is 8.52. The van der Waals surface area contributed by atoms with Crippen LogP contribution >= 0.6 is 0 Å². The third-order valence-electron chi connectivity index (χ3n) is 9.48. The van der Waals surface area contributed by atoms with E-state index in [9.17, 15) is 19.2 Å². The SMILES string of the molecule is CC.CN(C)CC(=O)NCC(=O)NCC(=O)OC1CCC2C3CCC4=CC(=O)CCC4(C)C3CCC12C. The van der Waals surface area contributed by atoms with Gasteiger partial charge in [-0.1, -0.05) is 33.3 Å². The van der Waals surface area contributed by atoms with E-state index in [1.165, 1.54) is 5.57 Å². The normalized spacial score (nSPS) is 34.1. The summed E-state index contributed by atoms with van der Waals surface area (Å²) >= 11 is 0. The molecule has 4 rings (SSSR count). The Labute approximate surface area is 222 Å². The molecule has 0 bridgehead atoms. The van der Waals surface area contributed by atoms with Gasteiger partial charge in [-0.05, 0) is 88.3 Å². The third-order valence-corrected chi connectivity index (χ3v) is 9.48. The highest BCUT2D eigenvalue weighted by molar-refractivity contribution is 5.91. The highest BCUT2D eigenvalue weighted by Gasteiger charge is 2.59. The van der Waals surface area contributed by atoms with Gasteiger partial charge in [-0.15, -0.1) is 0 Å². The molecule has 0 aromatic carbocycles. The van der Waals surface area contributed by atoms with Crippen molar-refractivity contribution < 1.29 is 23.9 Å². The molecule has 37 heavy (non-hydrogen) atoms. The van der Waals surface area contributed by atoms with Crippen LogP contribution in [0.25, 0.3) is 0 Å². The van der Waals surface area contributed by atoms with Crippen LogP contribution in [0, 0.1) is 28.6 Å². The Balaban J connectivity index is 0.00000186. The van der Waals surface area contributed by atoms with Crippen molar-refractivity contribution >= 4 is 23.6 Å². The summed E-state index contributed by atoms with van der Waals surface area (Å²) in [5.74, 6) is 0.952. The molecule has 4 aliphatic carbocycles. The maximum atomic E-state index is 12.6. The molecule has 6 atom stereocenters. The first-order chi connectivity index (χ1) is 17.5. The van der Waals surface area contributed by atoms with E-state index in [0.717, 1.165) is 44.9 Å². The number of allylic oxidation sites excluding steroid dienone is 1. The number of nitrogens with one attached hydrogen (secondary N) is 2. The van der Waals surface area contributed by atoms with Gasteiger partial charge in [-0.2, -0.15) is 0 Å². The van der Waals surface area contributed by atoms with Crippen molar-refractivity contribution in [2.75, 3.05) is 33.7 Å². The summed E-state index contributed by atoms with van der Waals surface area (Å²) < 4.78 is 5.93. The molecule has 2 N–H and O–H groups in total. The molecule has 0 aliphatic heterocycles. The van der Waals surface area contributed by atoms with Gasteiger partial charge in [0.25, 0.3) is 0 Å². The van der Waals surface area contributed by atoms with Crippen LogP contribution in [0.1, 0.15) is 79.1 Å². The van der Waals surface area contributed by atoms with Crippen LogP contribution in [0.15, 0.2) is 11.6 Å². The maximum Gasteiger partial charge on any atom is 0.325 e. The molecule has 0 radical (unpaired) electrons. The molecule has 0 aromatic rings. The first-order valence-corrected chi connectivity index (χ1v) is 14.1. The zero-order valence-electron chi connectivity index (χ0n) is 23.7. The number of hydrogen-bond acceptors (Lipinski definition) is 6. The van der Waals surface area contributed by atoms with Crippen molar-refractivity contribution in [1.29, 1.82) is 0 Å². The first kappa shape index (κ1) is 29.3. The number of carbonyl (C=O) groups is 4. The van der Waals surface area contributed by atoms with Crippen LogP contribution in [-0.2, 0) is 23.9 Å². The van der Waals surface area contributed by atoms with Gasteiger partial charge < -0.3 is 20.3 Å². The number of amides is 2. The monoisotopic (exact) mass is 517 g/mol. The fourth-order valence-corrected chi connectivity index (χ4v) is 7.66. The van der Waals surface area contributed by atoms with E-state index in [0.29, 0.717) is 24.2 Å². The standard InChI is InChI=1S/C27H41N3O5.C2H6/c1-26-11-9-18(31)13-17(26)5-6-19-20-7-8-22(27(20,2)12-10-21(19)26)35-25(34)15-29-23(32)14-28-24(33)16-30(3)4;1-2/h13,19-22H,5-12,14-16H2,1-4H3,(H,28,33)(H,29,32);1-2H3. The van der Waals surface area contributed by atoms with Crippen molar-refractivity contribution in [2.45, 2.75) is 85.2 Å². The van der Waals surface area contributed by atoms with E-state index in [-0.39, 0.29) is 48.3 Å². The number of ether oxygens (including phenoxy) is 1. The van der Waals surface area contributed by atoms with Gasteiger partial charge in [0.1, 0.15) is 12.6 Å². The number of likely N-dealkylation sites (N-methyl/N-ethyl adjacent to an activating group) is 1. The Morgan fingerprint density at radius 2 is 1.65 bits per heavy atom. The van der Waals surface area contributed by atoms with Crippen LogP contribution in [0.5, 0.6) is 0 Å². The van der Waals surface area contributed by atoms with Gasteiger partial charge in [-0.25, -0.2) is 0 Å². The largest absolute Gasteiger partial charge is 0.460 e. The Bertz CT molecular complexity index is 915. The second kappa shape index (κ2) is 12.1. The molecular weight excluding hydrogens is 470 g/mol. The zero-order valence-corrected chi connectivity index (χ0v) is 23.7. The quantitative estimate of drug-likeness (QED) is 0.503. The lowest BCUT2D eigenvalue weighted by molar-refractivity contribution is -0.159. The number of carbonyl (C=O) groups excluding carboxylic acids is 4. The summed E-state index contributed by atoms with van der Waals surface area (Å²) in [6, 6.07) is 0. The van der Waals surface area contributed by atoms with Gasteiger partial charge >= 0.3 is 5.97 Å². The van der Waals surface area contributed by atoms with E-state index >= 15 is 0 Å². The minimum absolute atomic E-state index is 0.0386. The Morgan fingerprint density at radius 1 is 0.946 bits per heavy atom. The van der Waals surface area contributed by atoms with E-state index in [1.807, 2.05) is 19.9 Å². The van der Waals surface area contributed by atoms with Gasteiger partial charge in [0.15, 0.2) is 5.78 Å². The molecule has 0 aromatic heterocycles. The maximum absolute atomic E-state index is 12.6. The number of rotatable bonds is 7. The second-order valence-corrected chi connectivity index (χ2v) is 11.9. The number of nitrogens with zero attached hydrogens (tertiary/aromatic N) is 1. The average Bonchev–Trinajstić information content (AvgIpc) is 3.18. The van der Waals surface area contributed by atoms with Crippen molar-refractivity contribution in [2.24, 2.45) is 28.6 Å². The van der Waals surface area contributed by atoms with Crippen LogP contribution < -0.4 is 10.6 Å². The number of hydrogen-bond donors (Lipinski definition) is 2. The van der Waals surface area contributed by atoms with E-state index in [2.05, 4.69) is 24.5 Å². The molecular formula is C29H47N3O5. The van der Waals surface area contributed by atoms with Crippen molar-refractivity contribution in [3.8, 4) is 0 Å². The summed E-state index contributed by atoms with van der Waals surface area (Å²) in [7, 11) is 3.55. The van der Waals surface area contributed by atoms with Crippen molar-refractivity contribution in [3.63, 3.8) is 0 Å². The van der Waals surface area contributed by atoms with Crippen molar-refractivity contribution in [1.82, 2.24) is 15.5 Å². The van der Waals surface area contributed by atoms with E-state index in [4.69, 9.17) is 4.74 Å². The lowest BCUT2D eigenvalue weighted by atomic mass is 9.47. The Morgan fingerprint density at radius 3 is 2.35 bits per heavy atom. The van der Waals surface area contributed by atoms with Gasteiger partial charge in [0.2, 0.25) is 11.8 Å². The predicted octanol–water partition coefficient (Wildman–Crippen LogP) is 3.25. The van der Waals surface area contributed by atoms with Crippen LogP contribution in [0.4, 0.5) is 0 Å². The Kier molecular flexibility index (Phi) is 9.59. The summed E-state index contributed by atoms with van der Waals surface area (Å²) in [5.41, 5.74) is 1.47. The topological polar surface area (TPSA) is 105 Å². The number of esters is 1. The average molecular weight is 518 g/mol. The number of ketones is 1. The van der Waals surface area contributed by atoms with Gasteiger partial charge in [0, 0.05) is 11.8 Å². The highest BCUT2D eigenvalue weighted by atomic mass is 16.5. The predicted molar refractivity (Wildman–Crippen MR) is 143 cm³/mol. The molecule has 0 spiro atoms. The fourth-order valence-electron chi connectivity index (χ4n) is 7.66. The molecule has 2 amide bonds. The van der Waals surface area contributed by atoms with Crippen LogP contribution in [0.2, 0.25) is 0 Å². The van der Waals surface area contributed by atoms with Crippen LogP contribution in [-0.4, -0.2) is 68.3 Å². The lowest BCUT2D eigenvalue weighted by Crippen LogP contribution is -2.52. The van der Waals surface area contributed by atoms with Gasteiger partial charge in [0.05, 0.1) is 13.1 Å². The zero-order chi connectivity index (χ0) is 27.4. The molecule has 8 nitrogen and oxygen atoms in total. The molecule has 8 heteroatoms. The van der Waals surface area contributed by atoms with E-state index < -0.39 is 11.9 Å². The third kappa shape index (κ3) is 6.27. The minimum atomic E-state index is -0.418. The van der Waals surface area contributed by atoms with Crippen molar-refractivity contribution in [3.05, 3.63) is 11.6 Å². The lowest BCUT2D eigenvalue weighted by Gasteiger charge is -2.57. The minimum Gasteiger partial charge on any atom is -0.460 e. The first-order valence-electron chi connectivity index (χ1n) is 14.1. The summed E-state index contributed by atoms with van der Waals surface area (Å²) in [5, 5.41) is 5.10. The molecule has 0 saturated heterocycles. The second-order valence-electron chi connectivity index (χ2n) is 11.9. The Hall–Kier alpha value is -2.22. The molecule has 208 valence electrons. The summed E-state index contributed by atoms with van der Waals surface area (Å²) in [4.78, 5) is 50.0. The molecule has 6 unspecified atom stereocenters. The fraction of sp³-hybridized carbons (Fsp3) is 0.793.